The molecule has 0 aliphatic rings. The van der Waals surface area contributed by atoms with Crippen molar-refractivity contribution in [2.45, 2.75) is 89.4 Å². The summed E-state index contributed by atoms with van der Waals surface area (Å²) in [5.74, 6) is 0. The summed E-state index contributed by atoms with van der Waals surface area (Å²) in [6.45, 7) is 13.7. The van der Waals surface area contributed by atoms with E-state index in [0.717, 1.165) is 6.61 Å². The summed E-state index contributed by atoms with van der Waals surface area (Å²) >= 11 is 0. The van der Waals surface area contributed by atoms with Crippen LogP contribution in [0.2, 0.25) is 50.9 Å². The van der Waals surface area contributed by atoms with Crippen LogP contribution in [0, 0.1) is 0 Å². The van der Waals surface area contributed by atoms with Gasteiger partial charge in [0.1, 0.15) is 0 Å². The number of rotatable bonds is 12. The molecule has 116 valence electrons. The third-order valence-corrected chi connectivity index (χ3v) is 9.56. The second kappa shape index (κ2) is 10.2. The van der Waals surface area contributed by atoms with Crippen LogP contribution in [0.3, 0.4) is 0 Å². The number of hydrogen-bond acceptors (Lipinski definition) is 1. The molecule has 0 saturated heterocycles. The first-order valence-electron chi connectivity index (χ1n) is 8.26. The molecule has 0 N–H and O–H groups in total. The fraction of sp³-hybridized carbons (Fsp3) is 1.00. The number of unbranched alkanes of at least 4 members (excludes halogenated alkanes) is 5. The molecule has 0 rings (SSSR count). The molecule has 0 bridgehead atoms. The van der Waals surface area contributed by atoms with Crippen LogP contribution < -0.4 is 0 Å². The van der Waals surface area contributed by atoms with E-state index in [9.17, 15) is 0 Å². The Labute approximate surface area is 124 Å². The molecule has 0 aliphatic heterocycles. The van der Waals surface area contributed by atoms with Crippen LogP contribution in [-0.4, -0.2) is 29.9 Å². The van der Waals surface area contributed by atoms with Gasteiger partial charge in [0.25, 0.3) is 0 Å². The van der Waals surface area contributed by atoms with Gasteiger partial charge >= 0.3 is 0 Å². The fourth-order valence-corrected chi connectivity index (χ4v) is 9.56. The minimum atomic E-state index is -0.880. The van der Waals surface area contributed by atoms with Crippen molar-refractivity contribution in [3.63, 3.8) is 0 Å². The summed E-state index contributed by atoms with van der Waals surface area (Å²) < 4.78 is 5.08. The lowest BCUT2D eigenvalue weighted by Gasteiger charge is -2.26. The number of hydrogen-bond donors (Lipinski definition) is 0. The molecular weight excluding hydrogens is 264 g/mol. The van der Waals surface area contributed by atoms with Crippen LogP contribution in [0.15, 0.2) is 0 Å². The normalized spacial score (nSPS) is 12.9. The molecule has 0 fully saturated rings. The van der Waals surface area contributed by atoms with Crippen LogP contribution in [0.1, 0.15) is 38.5 Å². The number of ether oxygens (including phenoxy) is 1. The Morgan fingerprint density at radius 2 is 1.16 bits per heavy atom. The minimum absolute atomic E-state index is 0.817. The van der Waals surface area contributed by atoms with E-state index in [1.807, 2.05) is 0 Å². The molecule has 19 heavy (non-hydrogen) atoms. The molecular formula is C16H38OSi2. The van der Waals surface area contributed by atoms with Crippen molar-refractivity contribution in [1.82, 2.24) is 0 Å². The van der Waals surface area contributed by atoms with Gasteiger partial charge in [0, 0.05) is 29.9 Å². The predicted octanol–water partition coefficient (Wildman–Crippen LogP) is 6.02. The first-order valence-corrected chi connectivity index (χ1v) is 15.4. The molecule has 0 aromatic carbocycles. The molecule has 0 atom stereocenters. The van der Waals surface area contributed by atoms with Crippen LogP contribution in [0.4, 0.5) is 0 Å². The highest BCUT2D eigenvalue weighted by Crippen LogP contribution is 2.25. The zero-order valence-electron chi connectivity index (χ0n) is 14.5. The summed E-state index contributed by atoms with van der Waals surface area (Å²) in [5.41, 5.74) is 0. The molecule has 0 spiro atoms. The lowest BCUT2D eigenvalue weighted by Crippen LogP contribution is -2.30. The quantitative estimate of drug-likeness (QED) is 0.316. The summed E-state index contributed by atoms with van der Waals surface area (Å²) in [7, 11) is 0.102. The third kappa shape index (κ3) is 14.6. The van der Waals surface area contributed by atoms with Gasteiger partial charge in [-0.1, -0.05) is 83.0 Å². The van der Waals surface area contributed by atoms with E-state index in [2.05, 4.69) is 32.7 Å². The molecule has 1 nitrogen and oxygen atoms in total. The van der Waals surface area contributed by atoms with Gasteiger partial charge in [-0.25, -0.2) is 0 Å². The van der Waals surface area contributed by atoms with Crippen molar-refractivity contribution >= 4 is 16.1 Å². The van der Waals surface area contributed by atoms with Gasteiger partial charge in [-0.3, -0.25) is 0 Å². The average molecular weight is 303 g/mol. The summed E-state index contributed by atoms with van der Waals surface area (Å²) in [4.78, 5) is 0. The Kier molecular flexibility index (Phi) is 10.4. The van der Waals surface area contributed by atoms with Crippen molar-refractivity contribution in [3.8, 4) is 0 Å². The smallest absolute Gasteiger partial charge is 0.0470 e. The van der Waals surface area contributed by atoms with Crippen molar-refractivity contribution in [1.29, 1.82) is 0 Å². The Balaban J connectivity index is 3.48. The monoisotopic (exact) mass is 302 g/mol. The van der Waals surface area contributed by atoms with Gasteiger partial charge in [-0.05, 0) is 6.42 Å². The van der Waals surface area contributed by atoms with Gasteiger partial charge in [0.05, 0.1) is 0 Å². The van der Waals surface area contributed by atoms with Gasteiger partial charge in [0.15, 0.2) is 0 Å². The van der Waals surface area contributed by atoms with E-state index in [1.54, 1.807) is 25.2 Å². The molecule has 0 heterocycles. The molecule has 0 aliphatic carbocycles. The molecule has 3 heteroatoms. The SMILES string of the molecule is COCCCCCCCC[Si](C)(C)CC[Si](C)(C)C. The Bertz CT molecular complexity index is 209. The second-order valence-electron chi connectivity index (χ2n) is 8.09. The summed E-state index contributed by atoms with van der Waals surface area (Å²) in [6, 6.07) is 4.66. The molecule has 0 aromatic rings. The molecule has 0 unspecified atom stereocenters. The maximum atomic E-state index is 5.08. The Morgan fingerprint density at radius 3 is 1.68 bits per heavy atom. The highest BCUT2D eigenvalue weighted by molar-refractivity contribution is 6.82. The fourth-order valence-electron chi connectivity index (χ4n) is 2.40. The predicted molar refractivity (Wildman–Crippen MR) is 94.8 cm³/mol. The summed E-state index contributed by atoms with van der Waals surface area (Å²) in [5, 5.41) is 0. The van der Waals surface area contributed by atoms with E-state index in [0.29, 0.717) is 0 Å². The van der Waals surface area contributed by atoms with Gasteiger partial charge in [0.2, 0.25) is 0 Å². The van der Waals surface area contributed by atoms with Crippen molar-refractivity contribution in [2.75, 3.05) is 13.7 Å². The van der Waals surface area contributed by atoms with E-state index >= 15 is 0 Å². The lowest BCUT2D eigenvalue weighted by molar-refractivity contribution is 0.192. The average Bonchev–Trinajstić information content (AvgIpc) is 2.29. The first-order chi connectivity index (χ1) is 8.77. The van der Waals surface area contributed by atoms with Crippen molar-refractivity contribution < 1.29 is 4.74 Å². The largest absolute Gasteiger partial charge is 0.385 e. The summed E-state index contributed by atoms with van der Waals surface area (Å²) in [6.07, 6.45) is 8.37. The Hall–Kier alpha value is 0.394. The van der Waals surface area contributed by atoms with Crippen LogP contribution >= 0.6 is 0 Å². The first kappa shape index (κ1) is 19.4. The van der Waals surface area contributed by atoms with Gasteiger partial charge in [-0.15, -0.1) is 0 Å². The molecule has 0 saturated carbocycles. The van der Waals surface area contributed by atoms with E-state index in [1.165, 1.54) is 38.5 Å². The van der Waals surface area contributed by atoms with Gasteiger partial charge < -0.3 is 4.74 Å². The van der Waals surface area contributed by atoms with Gasteiger partial charge in [-0.2, -0.15) is 0 Å². The van der Waals surface area contributed by atoms with Crippen molar-refractivity contribution in [2.24, 2.45) is 0 Å². The zero-order valence-corrected chi connectivity index (χ0v) is 16.5. The number of methoxy groups -OCH3 is 1. The van der Waals surface area contributed by atoms with Crippen molar-refractivity contribution in [3.05, 3.63) is 0 Å². The maximum Gasteiger partial charge on any atom is 0.0470 e. The van der Waals surface area contributed by atoms with E-state index in [4.69, 9.17) is 4.74 Å². The standard InChI is InChI=1S/C16H38OSi2/c1-17-13-11-9-7-8-10-12-14-19(5,6)16-15-18(2,3)4/h7-16H2,1-6H3. The highest BCUT2D eigenvalue weighted by atomic mass is 28.3. The lowest BCUT2D eigenvalue weighted by atomic mass is 10.1. The second-order valence-corrected chi connectivity index (χ2v) is 19.0. The molecule has 0 radical (unpaired) electrons. The van der Waals surface area contributed by atoms with Crippen LogP contribution in [0.5, 0.6) is 0 Å². The third-order valence-electron chi connectivity index (χ3n) is 4.00. The molecule has 0 aromatic heterocycles. The minimum Gasteiger partial charge on any atom is -0.385 e. The van der Waals surface area contributed by atoms with Crippen LogP contribution in [0.25, 0.3) is 0 Å². The highest BCUT2D eigenvalue weighted by Gasteiger charge is 2.23. The van der Waals surface area contributed by atoms with Crippen LogP contribution in [-0.2, 0) is 4.74 Å². The van der Waals surface area contributed by atoms with E-state index < -0.39 is 16.1 Å². The van der Waals surface area contributed by atoms with E-state index in [-0.39, 0.29) is 0 Å². The maximum absolute atomic E-state index is 5.08. The molecule has 0 amide bonds. The topological polar surface area (TPSA) is 9.23 Å². The zero-order chi connectivity index (χ0) is 14.8. The Morgan fingerprint density at radius 1 is 0.632 bits per heavy atom.